The lowest BCUT2D eigenvalue weighted by atomic mass is 9.89. The summed E-state index contributed by atoms with van der Waals surface area (Å²) in [4.78, 5) is 16.7. The van der Waals surface area contributed by atoms with Gasteiger partial charge in [-0.1, -0.05) is 12.1 Å². The standard InChI is InChI=1S/C20H19N3O3/c21-13-3-1-12(2-4-13)9-16-17(11-24)20(19(26)10-18(16)25)23-15-7-5-14(22)6-8-15/h1-8,10,24-25H,9,11,21-22H2. The number of ketones is 1. The van der Waals surface area contributed by atoms with Gasteiger partial charge >= 0.3 is 0 Å². The number of aliphatic hydroxyl groups excluding tert-OH is 2. The van der Waals surface area contributed by atoms with Gasteiger partial charge in [0.2, 0.25) is 5.78 Å². The summed E-state index contributed by atoms with van der Waals surface area (Å²) in [6.45, 7) is -0.415. The normalized spacial score (nSPS) is 16.1. The molecule has 2 aromatic carbocycles. The van der Waals surface area contributed by atoms with Gasteiger partial charge in [-0.25, -0.2) is 4.99 Å². The van der Waals surface area contributed by atoms with Crippen molar-refractivity contribution in [3.63, 3.8) is 0 Å². The molecule has 3 rings (SSSR count). The molecular formula is C20H19N3O3. The van der Waals surface area contributed by atoms with Crippen molar-refractivity contribution in [2.75, 3.05) is 18.1 Å². The Labute approximate surface area is 150 Å². The van der Waals surface area contributed by atoms with Crippen LogP contribution in [-0.4, -0.2) is 28.3 Å². The van der Waals surface area contributed by atoms with Gasteiger partial charge in [0.1, 0.15) is 11.5 Å². The first-order valence-electron chi connectivity index (χ1n) is 8.05. The van der Waals surface area contributed by atoms with E-state index >= 15 is 0 Å². The molecular weight excluding hydrogens is 330 g/mol. The number of benzene rings is 2. The molecule has 1 aliphatic rings. The van der Waals surface area contributed by atoms with Gasteiger partial charge in [0.25, 0.3) is 0 Å². The number of aliphatic hydroxyl groups is 2. The second-order valence-corrected chi connectivity index (χ2v) is 5.98. The first-order valence-corrected chi connectivity index (χ1v) is 8.05. The number of nitrogens with two attached hydrogens (primary N) is 2. The smallest absolute Gasteiger partial charge is 0.208 e. The SMILES string of the molecule is Nc1ccc(CC2=C(CO)C(=Nc3ccc(N)cc3)C(=O)C=C2O)cc1. The molecule has 0 aliphatic heterocycles. The average Bonchev–Trinajstić information content (AvgIpc) is 2.62. The van der Waals surface area contributed by atoms with E-state index in [1.165, 1.54) is 0 Å². The Morgan fingerprint density at radius 2 is 1.46 bits per heavy atom. The van der Waals surface area contributed by atoms with Crippen molar-refractivity contribution >= 4 is 28.6 Å². The fourth-order valence-corrected chi connectivity index (χ4v) is 2.73. The minimum atomic E-state index is -0.454. The zero-order valence-electron chi connectivity index (χ0n) is 14.0. The van der Waals surface area contributed by atoms with Crippen molar-refractivity contribution in [3.05, 3.63) is 77.1 Å². The summed E-state index contributed by atoms with van der Waals surface area (Å²) in [5.41, 5.74) is 14.9. The van der Waals surface area contributed by atoms with E-state index in [0.717, 1.165) is 11.6 Å². The molecule has 1 aliphatic carbocycles. The predicted octanol–water partition coefficient (Wildman–Crippen LogP) is 2.48. The highest BCUT2D eigenvalue weighted by Crippen LogP contribution is 2.26. The molecule has 0 amide bonds. The fourth-order valence-electron chi connectivity index (χ4n) is 2.73. The van der Waals surface area contributed by atoms with E-state index in [1.54, 1.807) is 36.4 Å². The largest absolute Gasteiger partial charge is 0.508 e. The number of rotatable bonds is 4. The topological polar surface area (TPSA) is 122 Å². The summed E-state index contributed by atoms with van der Waals surface area (Å²) in [7, 11) is 0. The molecule has 0 atom stereocenters. The van der Waals surface area contributed by atoms with E-state index in [4.69, 9.17) is 11.5 Å². The van der Waals surface area contributed by atoms with Crippen LogP contribution >= 0.6 is 0 Å². The first-order chi connectivity index (χ1) is 12.5. The number of hydrogen-bond donors (Lipinski definition) is 4. The van der Waals surface area contributed by atoms with E-state index in [0.29, 0.717) is 34.6 Å². The number of nitrogen functional groups attached to an aromatic ring is 2. The van der Waals surface area contributed by atoms with Crippen molar-refractivity contribution in [2.24, 2.45) is 4.99 Å². The van der Waals surface area contributed by atoms with Crippen molar-refractivity contribution in [3.8, 4) is 0 Å². The molecule has 2 aromatic rings. The minimum Gasteiger partial charge on any atom is -0.508 e. The molecule has 6 N–H and O–H groups in total. The first kappa shape index (κ1) is 17.4. The highest BCUT2D eigenvalue weighted by Gasteiger charge is 2.26. The molecule has 0 fully saturated rings. The number of hydrogen-bond acceptors (Lipinski definition) is 6. The number of nitrogens with zero attached hydrogens (tertiary/aromatic N) is 1. The van der Waals surface area contributed by atoms with Crippen LogP contribution in [0.3, 0.4) is 0 Å². The van der Waals surface area contributed by atoms with Gasteiger partial charge < -0.3 is 21.7 Å². The van der Waals surface area contributed by atoms with E-state index in [9.17, 15) is 15.0 Å². The highest BCUT2D eigenvalue weighted by molar-refractivity contribution is 6.51. The summed E-state index contributed by atoms with van der Waals surface area (Å²) in [6, 6.07) is 13.9. The molecule has 6 nitrogen and oxygen atoms in total. The van der Waals surface area contributed by atoms with Crippen LogP contribution in [0.2, 0.25) is 0 Å². The zero-order chi connectivity index (χ0) is 18.7. The van der Waals surface area contributed by atoms with E-state index in [1.807, 2.05) is 12.1 Å². The van der Waals surface area contributed by atoms with E-state index in [2.05, 4.69) is 4.99 Å². The van der Waals surface area contributed by atoms with Crippen molar-refractivity contribution in [1.29, 1.82) is 0 Å². The molecule has 0 spiro atoms. The van der Waals surface area contributed by atoms with Crippen LogP contribution in [0, 0.1) is 0 Å². The summed E-state index contributed by atoms with van der Waals surface area (Å²) in [5, 5.41) is 20.1. The number of carbonyl (C=O) groups excluding carboxylic acids is 1. The number of allylic oxidation sites excluding steroid dienone is 2. The molecule has 0 aromatic heterocycles. The van der Waals surface area contributed by atoms with Crippen LogP contribution in [0.15, 0.2) is 76.5 Å². The maximum absolute atomic E-state index is 12.3. The zero-order valence-corrected chi connectivity index (χ0v) is 14.0. The highest BCUT2D eigenvalue weighted by atomic mass is 16.3. The molecule has 0 saturated heterocycles. The molecule has 0 unspecified atom stereocenters. The van der Waals surface area contributed by atoms with E-state index < -0.39 is 12.4 Å². The number of anilines is 2. The van der Waals surface area contributed by atoms with Gasteiger partial charge in [0.15, 0.2) is 0 Å². The molecule has 6 heteroatoms. The van der Waals surface area contributed by atoms with Gasteiger partial charge in [-0.15, -0.1) is 0 Å². The molecule has 0 saturated carbocycles. The summed E-state index contributed by atoms with van der Waals surface area (Å²) < 4.78 is 0. The van der Waals surface area contributed by atoms with Gasteiger partial charge in [-0.05, 0) is 42.0 Å². The number of carbonyl (C=O) groups is 1. The third kappa shape index (κ3) is 3.65. The Balaban J connectivity index is 2.03. The fraction of sp³-hybridized carbons (Fsp3) is 0.100. The van der Waals surface area contributed by atoms with Crippen LogP contribution < -0.4 is 11.5 Å². The lowest BCUT2D eigenvalue weighted by molar-refractivity contribution is -0.109. The quantitative estimate of drug-likeness (QED) is 0.499. The molecule has 132 valence electrons. The molecule has 0 radical (unpaired) electrons. The maximum atomic E-state index is 12.3. The predicted molar refractivity (Wildman–Crippen MR) is 102 cm³/mol. The third-order valence-corrected chi connectivity index (χ3v) is 4.11. The van der Waals surface area contributed by atoms with Crippen molar-refractivity contribution in [1.82, 2.24) is 0 Å². The Bertz CT molecular complexity index is 924. The van der Waals surface area contributed by atoms with Gasteiger partial charge in [-0.3, -0.25) is 4.79 Å². The Hall–Kier alpha value is -3.38. The number of aliphatic imine (C=N–C) groups is 1. The Morgan fingerprint density at radius 1 is 0.885 bits per heavy atom. The van der Waals surface area contributed by atoms with Crippen LogP contribution in [0.5, 0.6) is 0 Å². The van der Waals surface area contributed by atoms with Crippen molar-refractivity contribution in [2.45, 2.75) is 6.42 Å². The molecule has 0 bridgehead atoms. The second-order valence-electron chi connectivity index (χ2n) is 5.98. The van der Waals surface area contributed by atoms with Crippen LogP contribution in [0.1, 0.15) is 5.56 Å². The third-order valence-electron chi connectivity index (χ3n) is 4.11. The second kappa shape index (κ2) is 7.25. The molecule has 0 heterocycles. The van der Waals surface area contributed by atoms with E-state index in [-0.39, 0.29) is 11.5 Å². The Morgan fingerprint density at radius 3 is 2.04 bits per heavy atom. The minimum absolute atomic E-state index is 0.112. The summed E-state index contributed by atoms with van der Waals surface area (Å²) >= 11 is 0. The molecule has 26 heavy (non-hydrogen) atoms. The van der Waals surface area contributed by atoms with Crippen LogP contribution in [0.4, 0.5) is 17.1 Å². The maximum Gasteiger partial charge on any atom is 0.208 e. The van der Waals surface area contributed by atoms with Crippen LogP contribution in [-0.2, 0) is 11.2 Å². The summed E-state index contributed by atoms with van der Waals surface area (Å²) in [6.07, 6.45) is 1.47. The van der Waals surface area contributed by atoms with Crippen molar-refractivity contribution < 1.29 is 15.0 Å². The van der Waals surface area contributed by atoms with Gasteiger partial charge in [-0.2, -0.15) is 0 Å². The van der Waals surface area contributed by atoms with Crippen LogP contribution in [0.25, 0.3) is 0 Å². The van der Waals surface area contributed by atoms with Gasteiger partial charge in [0.05, 0.1) is 12.3 Å². The summed E-state index contributed by atoms with van der Waals surface area (Å²) in [5.74, 6) is -0.614. The van der Waals surface area contributed by atoms with Gasteiger partial charge in [0, 0.05) is 35.0 Å². The average molecular weight is 349 g/mol. The lowest BCUT2D eigenvalue weighted by Gasteiger charge is -2.19. The monoisotopic (exact) mass is 349 g/mol. The lowest BCUT2D eigenvalue weighted by Crippen LogP contribution is -2.24. The Kier molecular flexibility index (Phi) is 4.86.